The summed E-state index contributed by atoms with van der Waals surface area (Å²) < 4.78 is 0. The van der Waals surface area contributed by atoms with Gasteiger partial charge < -0.3 is 4.90 Å². The Kier molecular flexibility index (Phi) is 4.17. The van der Waals surface area contributed by atoms with Crippen LogP contribution < -0.4 is 10.2 Å². The fourth-order valence-corrected chi connectivity index (χ4v) is 2.32. The quantitative estimate of drug-likeness (QED) is 0.816. The highest BCUT2D eigenvalue weighted by Gasteiger charge is 2.19. The van der Waals surface area contributed by atoms with Gasteiger partial charge in [-0.05, 0) is 37.1 Å². The highest BCUT2D eigenvalue weighted by Crippen LogP contribution is 2.20. The summed E-state index contributed by atoms with van der Waals surface area (Å²) in [7, 11) is 0. The zero-order chi connectivity index (χ0) is 12.8. The third-order valence-corrected chi connectivity index (χ3v) is 3.25. The molecule has 1 unspecified atom stereocenters. The van der Waals surface area contributed by atoms with Crippen LogP contribution in [0.4, 0.5) is 5.69 Å². The van der Waals surface area contributed by atoms with Crippen molar-refractivity contribution in [2.75, 3.05) is 24.5 Å². The van der Waals surface area contributed by atoms with Crippen LogP contribution in [0.1, 0.15) is 18.4 Å². The lowest BCUT2D eigenvalue weighted by Gasteiger charge is -2.34. The lowest BCUT2D eigenvalue weighted by atomic mass is 10.0. The number of anilines is 1. The molecule has 4 nitrogen and oxygen atoms in total. The van der Waals surface area contributed by atoms with Crippen molar-refractivity contribution in [1.29, 1.82) is 10.5 Å². The van der Waals surface area contributed by atoms with Gasteiger partial charge in [0.1, 0.15) is 0 Å². The first-order valence-electron chi connectivity index (χ1n) is 6.19. The minimum Gasteiger partial charge on any atom is -0.370 e. The van der Waals surface area contributed by atoms with Crippen molar-refractivity contribution in [3.05, 3.63) is 29.8 Å². The Hall–Kier alpha value is -2.04. The highest BCUT2D eigenvalue weighted by molar-refractivity contribution is 5.50. The predicted octanol–water partition coefficient (Wildman–Crippen LogP) is 1.64. The van der Waals surface area contributed by atoms with Gasteiger partial charge in [-0.2, -0.15) is 10.5 Å². The fourth-order valence-electron chi connectivity index (χ4n) is 2.32. The first-order valence-corrected chi connectivity index (χ1v) is 6.19. The van der Waals surface area contributed by atoms with Gasteiger partial charge in [0, 0.05) is 24.8 Å². The van der Waals surface area contributed by atoms with E-state index in [4.69, 9.17) is 10.5 Å². The molecule has 2 rings (SSSR count). The number of nitrogens with zero attached hydrogens (tertiary/aromatic N) is 3. The second-order valence-corrected chi connectivity index (χ2v) is 4.48. The Morgan fingerprint density at radius 3 is 2.72 bits per heavy atom. The molecule has 0 bridgehead atoms. The van der Waals surface area contributed by atoms with Gasteiger partial charge >= 0.3 is 0 Å². The van der Waals surface area contributed by atoms with Gasteiger partial charge in [-0.3, -0.25) is 5.32 Å². The topological polar surface area (TPSA) is 62.9 Å². The van der Waals surface area contributed by atoms with Crippen LogP contribution in [0.3, 0.4) is 0 Å². The summed E-state index contributed by atoms with van der Waals surface area (Å²) in [5.41, 5.74) is 1.84. The van der Waals surface area contributed by atoms with Gasteiger partial charge in [0.2, 0.25) is 0 Å². The first kappa shape index (κ1) is 12.4. The molecular formula is C14H16N4. The fraction of sp³-hybridized carbons (Fsp3) is 0.429. The van der Waals surface area contributed by atoms with Gasteiger partial charge in [0.15, 0.2) is 0 Å². The molecule has 1 aliphatic heterocycles. The summed E-state index contributed by atoms with van der Waals surface area (Å²) in [6.07, 6.45) is 2.25. The first-order chi connectivity index (χ1) is 8.83. The Morgan fingerprint density at radius 2 is 2.06 bits per heavy atom. The molecule has 1 aromatic carbocycles. The molecule has 1 heterocycles. The Morgan fingerprint density at radius 1 is 1.28 bits per heavy atom. The number of rotatable bonds is 3. The lowest BCUT2D eigenvalue weighted by molar-refractivity contribution is 0.439. The molecule has 0 aliphatic carbocycles. The van der Waals surface area contributed by atoms with Crippen LogP contribution in [0.25, 0.3) is 0 Å². The number of nitriles is 2. The molecule has 0 amide bonds. The van der Waals surface area contributed by atoms with Crippen molar-refractivity contribution in [2.45, 2.75) is 18.9 Å². The van der Waals surface area contributed by atoms with E-state index in [9.17, 15) is 0 Å². The second kappa shape index (κ2) is 6.05. The summed E-state index contributed by atoms with van der Waals surface area (Å²) in [6.45, 7) is 2.37. The van der Waals surface area contributed by atoms with Gasteiger partial charge in [-0.15, -0.1) is 0 Å². The maximum atomic E-state index is 8.77. The van der Waals surface area contributed by atoms with Crippen molar-refractivity contribution in [3.8, 4) is 12.1 Å². The summed E-state index contributed by atoms with van der Waals surface area (Å²) in [6, 6.07) is 12.3. The maximum Gasteiger partial charge on any atom is 0.0991 e. The van der Waals surface area contributed by atoms with E-state index in [0.717, 1.165) is 31.6 Å². The summed E-state index contributed by atoms with van der Waals surface area (Å²) in [4.78, 5) is 2.31. The van der Waals surface area contributed by atoms with Gasteiger partial charge in [0.25, 0.3) is 0 Å². The van der Waals surface area contributed by atoms with E-state index in [1.54, 1.807) is 0 Å². The molecule has 1 saturated heterocycles. The third-order valence-electron chi connectivity index (χ3n) is 3.25. The lowest BCUT2D eigenvalue weighted by Crippen LogP contribution is -2.45. The molecule has 1 N–H and O–H groups in total. The Bertz CT molecular complexity index is 466. The van der Waals surface area contributed by atoms with E-state index in [0.29, 0.717) is 18.2 Å². The van der Waals surface area contributed by atoms with Crippen molar-refractivity contribution < 1.29 is 0 Å². The van der Waals surface area contributed by atoms with E-state index in [-0.39, 0.29) is 0 Å². The monoisotopic (exact) mass is 240 g/mol. The molecule has 0 saturated carbocycles. The minimum absolute atomic E-state index is 0.383. The van der Waals surface area contributed by atoms with E-state index in [1.165, 1.54) is 0 Å². The van der Waals surface area contributed by atoms with E-state index < -0.39 is 0 Å². The summed E-state index contributed by atoms with van der Waals surface area (Å²) in [5.74, 6) is 0. The number of nitrogens with one attached hydrogen (secondary N) is 1. The minimum atomic E-state index is 0.383. The van der Waals surface area contributed by atoms with Crippen molar-refractivity contribution in [2.24, 2.45) is 0 Å². The molecule has 1 aromatic rings. The Balaban J connectivity index is 1.99. The molecule has 92 valence electrons. The number of hydrogen-bond donors (Lipinski definition) is 1. The van der Waals surface area contributed by atoms with Crippen molar-refractivity contribution in [3.63, 3.8) is 0 Å². The molecule has 4 heteroatoms. The highest BCUT2D eigenvalue weighted by atomic mass is 15.2. The normalized spacial score (nSPS) is 19.0. The van der Waals surface area contributed by atoms with E-state index >= 15 is 0 Å². The number of hydrogen-bond acceptors (Lipinski definition) is 4. The van der Waals surface area contributed by atoms with Gasteiger partial charge in [0.05, 0.1) is 24.2 Å². The SMILES string of the molecule is N#CCNC1CCCN(c2ccc(C#N)cc2)C1. The van der Waals surface area contributed by atoms with Crippen LogP contribution in [0.5, 0.6) is 0 Å². The maximum absolute atomic E-state index is 8.77. The van der Waals surface area contributed by atoms with Crippen LogP contribution in [0, 0.1) is 22.7 Å². The van der Waals surface area contributed by atoms with Gasteiger partial charge in [-0.1, -0.05) is 0 Å². The van der Waals surface area contributed by atoms with Crippen LogP contribution in [-0.4, -0.2) is 25.7 Å². The molecule has 1 fully saturated rings. The molecule has 0 radical (unpaired) electrons. The smallest absolute Gasteiger partial charge is 0.0991 e. The molecule has 1 aliphatic rings. The van der Waals surface area contributed by atoms with Crippen LogP contribution in [-0.2, 0) is 0 Å². The molecule has 1 atom stereocenters. The summed E-state index contributed by atoms with van der Waals surface area (Å²) in [5, 5.41) is 20.6. The van der Waals surface area contributed by atoms with Crippen molar-refractivity contribution >= 4 is 5.69 Å². The molecular weight excluding hydrogens is 224 g/mol. The van der Waals surface area contributed by atoms with E-state index in [1.807, 2.05) is 24.3 Å². The zero-order valence-electron chi connectivity index (χ0n) is 10.3. The van der Waals surface area contributed by atoms with Crippen LogP contribution in [0.15, 0.2) is 24.3 Å². The molecule has 0 aromatic heterocycles. The second-order valence-electron chi connectivity index (χ2n) is 4.48. The third kappa shape index (κ3) is 3.00. The largest absolute Gasteiger partial charge is 0.370 e. The summed E-state index contributed by atoms with van der Waals surface area (Å²) >= 11 is 0. The average Bonchev–Trinajstić information content (AvgIpc) is 2.45. The molecule has 18 heavy (non-hydrogen) atoms. The number of benzene rings is 1. The standard InChI is InChI=1S/C14H16N4/c15-7-8-17-13-2-1-9-18(11-13)14-5-3-12(10-16)4-6-14/h3-6,13,17H,1-2,8-9,11H2. The number of piperidine rings is 1. The molecule has 0 spiro atoms. The zero-order valence-corrected chi connectivity index (χ0v) is 10.3. The van der Waals surface area contributed by atoms with Crippen LogP contribution >= 0.6 is 0 Å². The Labute approximate surface area is 107 Å². The van der Waals surface area contributed by atoms with Crippen LogP contribution in [0.2, 0.25) is 0 Å². The van der Waals surface area contributed by atoms with Crippen molar-refractivity contribution in [1.82, 2.24) is 5.32 Å². The predicted molar refractivity (Wildman–Crippen MR) is 70.0 cm³/mol. The van der Waals surface area contributed by atoms with Gasteiger partial charge in [-0.25, -0.2) is 0 Å². The average molecular weight is 240 g/mol. The van der Waals surface area contributed by atoms with E-state index in [2.05, 4.69) is 22.4 Å².